The summed E-state index contributed by atoms with van der Waals surface area (Å²) in [5.41, 5.74) is 10.5. The molecule has 45 heavy (non-hydrogen) atoms. The summed E-state index contributed by atoms with van der Waals surface area (Å²) in [6.45, 7) is 0. The first-order valence-corrected chi connectivity index (χ1v) is 15.4. The average molecular weight is 599 g/mol. The maximum atomic E-state index is 7.53. The monoisotopic (exact) mass is 598 g/mol. The predicted octanol–water partition coefficient (Wildman–Crippen LogP) is 12.6. The summed E-state index contributed by atoms with van der Waals surface area (Å²) in [7, 11) is 0. The second-order valence-electron chi connectivity index (χ2n) is 10.8. The Labute approximate surface area is 270 Å². The van der Waals surface area contributed by atoms with Crippen molar-refractivity contribution in [2.75, 3.05) is 9.80 Å². The van der Waals surface area contributed by atoms with Gasteiger partial charge in [-0.25, -0.2) is 0 Å². The van der Waals surface area contributed by atoms with E-state index >= 15 is 0 Å². The molecule has 2 nitrogen and oxygen atoms in total. The van der Waals surface area contributed by atoms with Gasteiger partial charge < -0.3 is 9.80 Å². The first-order valence-electron chi connectivity index (χ1n) is 15.1. The van der Waals surface area contributed by atoms with Crippen molar-refractivity contribution in [1.82, 2.24) is 0 Å². The molecule has 0 aromatic heterocycles. The standard InChI is InChI=1S/C42H31ClN2/c43-42-40(44(36-21-10-3-11-22-36)37-23-12-4-13-24-37)27-16-28-41(42)45(38-25-14-5-15-26-38)39-30-34(32-17-6-1-7-18-32)29-35(31-39)33-19-8-2-9-20-33/h1-31H. The first-order chi connectivity index (χ1) is 22.3. The molecule has 0 saturated heterocycles. The lowest BCUT2D eigenvalue weighted by molar-refractivity contribution is 1.25. The van der Waals surface area contributed by atoms with E-state index in [4.69, 9.17) is 11.6 Å². The summed E-state index contributed by atoms with van der Waals surface area (Å²) in [5.74, 6) is 0. The van der Waals surface area contributed by atoms with Gasteiger partial charge in [-0.15, -0.1) is 0 Å². The Hall–Kier alpha value is -5.57. The van der Waals surface area contributed by atoms with Crippen molar-refractivity contribution in [3.8, 4) is 22.3 Å². The molecule has 7 aromatic carbocycles. The molecule has 0 heterocycles. The second kappa shape index (κ2) is 13.0. The lowest BCUT2D eigenvalue weighted by Gasteiger charge is -2.31. The van der Waals surface area contributed by atoms with Crippen LogP contribution in [0.5, 0.6) is 0 Å². The molecule has 7 rings (SSSR count). The van der Waals surface area contributed by atoms with Crippen LogP contribution in [0.1, 0.15) is 0 Å². The average Bonchev–Trinajstić information content (AvgIpc) is 3.12. The van der Waals surface area contributed by atoms with Gasteiger partial charge >= 0.3 is 0 Å². The van der Waals surface area contributed by atoms with E-state index in [2.05, 4.69) is 180 Å². The van der Waals surface area contributed by atoms with Crippen LogP contribution in [0.4, 0.5) is 34.1 Å². The largest absolute Gasteiger partial charge is 0.309 e. The molecule has 0 fully saturated rings. The zero-order valence-electron chi connectivity index (χ0n) is 24.7. The molecule has 0 amide bonds. The van der Waals surface area contributed by atoms with E-state index in [1.807, 2.05) is 18.2 Å². The van der Waals surface area contributed by atoms with E-state index in [9.17, 15) is 0 Å². The van der Waals surface area contributed by atoms with Crippen molar-refractivity contribution in [1.29, 1.82) is 0 Å². The highest BCUT2D eigenvalue weighted by Crippen LogP contribution is 2.47. The smallest absolute Gasteiger partial charge is 0.0887 e. The number of rotatable bonds is 8. The highest BCUT2D eigenvalue weighted by atomic mass is 35.5. The lowest BCUT2D eigenvalue weighted by Crippen LogP contribution is -2.14. The Bertz CT molecular complexity index is 1900. The van der Waals surface area contributed by atoms with Gasteiger partial charge in [0, 0.05) is 22.7 Å². The third kappa shape index (κ3) is 5.97. The third-order valence-corrected chi connectivity index (χ3v) is 8.26. The zero-order valence-corrected chi connectivity index (χ0v) is 25.4. The highest BCUT2D eigenvalue weighted by molar-refractivity contribution is 6.36. The number of anilines is 6. The number of hydrogen-bond donors (Lipinski definition) is 0. The maximum absolute atomic E-state index is 7.53. The number of para-hydroxylation sites is 3. The molecule has 0 atom stereocenters. The summed E-state index contributed by atoms with van der Waals surface area (Å²) in [4.78, 5) is 4.48. The van der Waals surface area contributed by atoms with Gasteiger partial charge in [0.25, 0.3) is 0 Å². The molecule has 0 aliphatic carbocycles. The van der Waals surface area contributed by atoms with Crippen LogP contribution in [0.25, 0.3) is 22.3 Å². The van der Waals surface area contributed by atoms with Crippen LogP contribution in [-0.4, -0.2) is 0 Å². The van der Waals surface area contributed by atoms with Gasteiger partial charge in [0.1, 0.15) is 0 Å². The Morgan fingerprint density at radius 3 is 1.00 bits per heavy atom. The minimum absolute atomic E-state index is 0.653. The summed E-state index contributed by atoms with van der Waals surface area (Å²) < 4.78 is 0. The molecular formula is C42H31ClN2. The predicted molar refractivity (Wildman–Crippen MR) is 192 cm³/mol. The third-order valence-electron chi connectivity index (χ3n) is 7.87. The summed E-state index contributed by atoms with van der Waals surface area (Å²) in [5, 5.41) is 0.653. The lowest BCUT2D eigenvalue weighted by atomic mass is 9.97. The van der Waals surface area contributed by atoms with Crippen molar-refractivity contribution < 1.29 is 0 Å². The Morgan fingerprint density at radius 1 is 0.289 bits per heavy atom. The van der Waals surface area contributed by atoms with Gasteiger partial charge in [-0.05, 0) is 89.0 Å². The van der Waals surface area contributed by atoms with Gasteiger partial charge in [-0.3, -0.25) is 0 Å². The molecule has 0 saturated carbocycles. The molecule has 0 radical (unpaired) electrons. The Balaban J connectivity index is 1.46. The molecule has 0 bridgehead atoms. The zero-order chi connectivity index (χ0) is 30.4. The van der Waals surface area contributed by atoms with Crippen LogP contribution >= 0.6 is 11.6 Å². The fourth-order valence-corrected chi connectivity index (χ4v) is 6.07. The van der Waals surface area contributed by atoms with Crippen LogP contribution in [0.15, 0.2) is 188 Å². The van der Waals surface area contributed by atoms with E-state index in [0.717, 1.165) is 56.4 Å². The number of benzene rings is 7. The van der Waals surface area contributed by atoms with E-state index in [1.54, 1.807) is 0 Å². The molecular weight excluding hydrogens is 568 g/mol. The van der Waals surface area contributed by atoms with Crippen molar-refractivity contribution in [3.05, 3.63) is 193 Å². The molecule has 0 N–H and O–H groups in total. The van der Waals surface area contributed by atoms with Crippen molar-refractivity contribution >= 4 is 45.7 Å². The van der Waals surface area contributed by atoms with Crippen LogP contribution in [-0.2, 0) is 0 Å². The summed E-state index contributed by atoms with van der Waals surface area (Å²) in [6, 6.07) is 65.3. The highest BCUT2D eigenvalue weighted by Gasteiger charge is 2.22. The van der Waals surface area contributed by atoms with Crippen LogP contribution < -0.4 is 9.80 Å². The van der Waals surface area contributed by atoms with Gasteiger partial charge in [-0.2, -0.15) is 0 Å². The molecule has 0 aliphatic heterocycles. The van der Waals surface area contributed by atoms with E-state index in [-0.39, 0.29) is 0 Å². The Morgan fingerprint density at radius 2 is 0.622 bits per heavy atom. The maximum Gasteiger partial charge on any atom is 0.0887 e. The van der Waals surface area contributed by atoms with E-state index in [1.165, 1.54) is 0 Å². The van der Waals surface area contributed by atoms with Gasteiger partial charge in [0.05, 0.1) is 16.4 Å². The number of halogens is 1. The van der Waals surface area contributed by atoms with Crippen LogP contribution in [0.3, 0.4) is 0 Å². The van der Waals surface area contributed by atoms with Crippen LogP contribution in [0.2, 0.25) is 5.02 Å². The van der Waals surface area contributed by atoms with E-state index in [0.29, 0.717) is 5.02 Å². The van der Waals surface area contributed by atoms with Crippen molar-refractivity contribution in [3.63, 3.8) is 0 Å². The normalized spacial score (nSPS) is 10.8. The first kappa shape index (κ1) is 28.2. The summed E-state index contributed by atoms with van der Waals surface area (Å²) >= 11 is 7.53. The van der Waals surface area contributed by atoms with Gasteiger partial charge in [0.15, 0.2) is 0 Å². The van der Waals surface area contributed by atoms with E-state index < -0.39 is 0 Å². The number of nitrogens with zero attached hydrogens (tertiary/aromatic N) is 2. The molecule has 0 spiro atoms. The fourth-order valence-electron chi connectivity index (χ4n) is 5.77. The van der Waals surface area contributed by atoms with Gasteiger partial charge in [0.2, 0.25) is 0 Å². The van der Waals surface area contributed by atoms with Crippen molar-refractivity contribution in [2.45, 2.75) is 0 Å². The van der Waals surface area contributed by atoms with Gasteiger partial charge in [-0.1, -0.05) is 133 Å². The van der Waals surface area contributed by atoms with Crippen molar-refractivity contribution in [2.24, 2.45) is 0 Å². The fraction of sp³-hybridized carbons (Fsp3) is 0. The molecule has 216 valence electrons. The second-order valence-corrected chi connectivity index (χ2v) is 11.2. The topological polar surface area (TPSA) is 6.48 Å². The quantitative estimate of drug-likeness (QED) is 0.172. The SMILES string of the molecule is Clc1c(N(c2ccccc2)c2ccccc2)cccc1N(c1ccccc1)c1cc(-c2ccccc2)cc(-c2ccccc2)c1. The minimum Gasteiger partial charge on any atom is -0.309 e. The molecule has 0 aliphatic rings. The molecule has 0 unspecified atom stereocenters. The number of hydrogen-bond acceptors (Lipinski definition) is 2. The summed E-state index contributed by atoms with van der Waals surface area (Å²) in [6.07, 6.45) is 0. The minimum atomic E-state index is 0.653. The molecule has 3 heteroatoms. The molecule has 7 aromatic rings. The van der Waals surface area contributed by atoms with Crippen LogP contribution in [0, 0.1) is 0 Å². The Kier molecular flexibility index (Phi) is 8.13.